The number of hydrogen-bond acceptors (Lipinski definition) is 5. The zero-order valence-electron chi connectivity index (χ0n) is 14.6. The monoisotopic (exact) mass is 431 g/mol. The van der Waals surface area contributed by atoms with Crippen LogP contribution in [0.5, 0.6) is 0 Å². The van der Waals surface area contributed by atoms with Crippen molar-refractivity contribution in [2.24, 2.45) is 0 Å². The summed E-state index contributed by atoms with van der Waals surface area (Å²) in [5.41, 5.74) is 0.907. The summed E-state index contributed by atoms with van der Waals surface area (Å²) in [6.07, 6.45) is -1.65. The van der Waals surface area contributed by atoms with Crippen LogP contribution in [0.2, 0.25) is 10.0 Å². The normalized spacial score (nSPS) is 13.8. The largest absolute Gasteiger partial charge is 0.465 e. The second kappa shape index (κ2) is 9.03. The predicted octanol–water partition coefficient (Wildman–Crippen LogP) is 3.25. The number of aliphatic hydroxyl groups excluding tert-OH is 1. The maximum absolute atomic E-state index is 12.7. The van der Waals surface area contributed by atoms with Gasteiger partial charge in [-0.15, -0.1) is 0 Å². The molecule has 0 aliphatic rings. The van der Waals surface area contributed by atoms with Crippen LogP contribution in [0.1, 0.15) is 24.2 Å². The van der Waals surface area contributed by atoms with Crippen LogP contribution in [-0.2, 0) is 19.6 Å². The molecule has 0 saturated carbocycles. The van der Waals surface area contributed by atoms with E-state index in [1.165, 1.54) is 24.3 Å². The molecule has 0 aromatic heterocycles. The van der Waals surface area contributed by atoms with Crippen LogP contribution < -0.4 is 4.72 Å². The summed E-state index contributed by atoms with van der Waals surface area (Å²) < 4.78 is 32.5. The number of carbonyl (C=O) groups excluding carboxylic acids is 1. The molecule has 2 unspecified atom stereocenters. The van der Waals surface area contributed by atoms with Gasteiger partial charge in [0.05, 0.1) is 11.5 Å². The van der Waals surface area contributed by atoms with Gasteiger partial charge in [0, 0.05) is 15.6 Å². The van der Waals surface area contributed by atoms with E-state index in [9.17, 15) is 18.3 Å². The fraction of sp³-hybridized carbons (Fsp3) is 0.278. The lowest BCUT2D eigenvalue weighted by atomic mass is 10.0. The lowest BCUT2D eigenvalue weighted by Crippen LogP contribution is -2.46. The molecule has 0 fully saturated rings. The number of carbonyl (C=O) groups is 1. The molecular weight excluding hydrogens is 413 g/mol. The third-order valence-electron chi connectivity index (χ3n) is 3.77. The van der Waals surface area contributed by atoms with Crippen LogP contribution in [0.15, 0.2) is 47.4 Å². The Bertz CT molecular complexity index is 896. The minimum atomic E-state index is -4.12. The Morgan fingerprint density at radius 2 is 1.70 bits per heavy atom. The summed E-state index contributed by atoms with van der Waals surface area (Å²) in [7, 11) is -4.12. The van der Waals surface area contributed by atoms with E-state index >= 15 is 0 Å². The highest BCUT2D eigenvalue weighted by Gasteiger charge is 2.36. The summed E-state index contributed by atoms with van der Waals surface area (Å²) in [4.78, 5) is 12.3. The zero-order chi connectivity index (χ0) is 20.2. The maximum Gasteiger partial charge on any atom is 0.327 e. The minimum Gasteiger partial charge on any atom is -0.465 e. The molecule has 2 aromatic carbocycles. The number of esters is 1. The number of aliphatic hydroxyl groups is 1. The Hall–Kier alpha value is -1.64. The highest BCUT2D eigenvalue weighted by atomic mass is 35.5. The van der Waals surface area contributed by atoms with Crippen LogP contribution in [0, 0.1) is 6.92 Å². The van der Waals surface area contributed by atoms with Gasteiger partial charge in [-0.25, -0.2) is 8.42 Å². The van der Waals surface area contributed by atoms with Crippen molar-refractivity contribution in [3.63, 3.8) is 0 Å². The van der Waals surface area contributed by atoms with E-state index in [4.69, 9.17) is 27.9 Å². The first-order chi connectivity index (χ1) is 12.7. The average Bonchev–Trinajstić information content (AvgIpc) is 2.60. The van der Waals surface area contributed by atoms with Crippen molar-refractivity contribution in [1.29, 1.82) is 0 Å². The Labute approximate surface area is 168 Å². The Balaban J connectivity index is 2.43. The average molecular weight is 432 g/mol. The van der Waals surface area contributed by atoms with E-state index < -0.39 is 28.1 Å². The van der Waals surface area contributed by atoms with Gasteiger partial charge in [0.15, 0.2) is 0 Å². The molecule has 0 aliphatic heterocycles. The lowest BCUT2D eigenvalue weighted by Gasteiger charge is -2.24. The summed E-state index contributed by atoms with van der Waals surface area (Å²) >= 11 is 12.2. The maximum atomic E-state index is 12.7. The first kappa shape index (κ1) is 21.7. The molecule has 0 saturated heterocycles. The summed E-state index contributed by atoms with van der Waals surface area (Å²) in [6, 6.07) is 8.92. The highest BCUT2D eigenvalue weighted by molar-refractivity contribution is 7.89. The van der Waals surface area contributed by atoms with Gasteiger partial charge in [-0.3, -0.25) is 4.79 Å². The number of halogens is 2. The second-order valence-corrected chi connectivity index (χ2v) is 8.27. The minimum absolute atomic E-state index is 0.00453. The van der Waals surface area contributed by atoms with Gasteiger partial charge < -0.3 is 9.84 Å². The Morgan fingerprint density at radius 1 is 1.15 bits per heavy atom. The molecule has 2 N–H and O–H groups in total. The standard InChI is InChI=1S/C18H19Cl2NO5S/c1-3-26-18(23)16(17(22)15-13(19)5-4-6-14(15)20)21-27(24,25)12-9-7-11(2)8-10-12/h4-10,16-17,21-22H,3H2,1-2H3. The van der Waals surface area contributed by atoms with E-state index in [0.29, 0.717) is 0 Å². The fourth-order valence-electron chi connectivity index (χ4n) is 2.39. The fourth-order valence-corrected chi connectivity index (χ4v) is 4.20. The highest BCUT2D eigenvalue weighted by Crippen LogP contribution is 2.32. The van der Waals surface area contributed by atoms with E-state index in [2.05, 4.69) is 4.72 Å². The van der Waals surface area contributed by atoms with Crippen molar-refractivity contribution < 1.29 is 23.1 Å². The van der Waals surface area contributed by atoms with Gasteiger partial charge in [0.2, 0.25) is 10.0 Å². The Morgan fingerprint density at radius 3 is 2.22 bits per heavy atom. The number of benzene rings is 2. The van der Waals surface area contributed by atoms with Gasteiger partial charge >= 0.3 is 5.97 Å². The SMILES string of the molecule is CCOC(=O)C(NS(=O)(=O)c1ccc(C)cc1)C(O)c1c(Cl)cccc1Cl. The molecule has 2 aromatic rings. The van der Waals surface area contributed by atoms with Crippen molar-refractivity contribution in [2.45, 2.75) is 30.9 Å². The number of aryl methyl sites for hydroxylation is 1. The molecule has 0 amide bonds. The van der Waals surface area contributed by atoms with Gasteiger partial charge in [-0.05, 0) is 38.1 Å². The van der Waals surface area contributed by atoms with Crippen molar-refractivity contribution in [3.05, 3.63) is 63.6 Å². The molecule has 9 heteroatoms. The topological polar surface area (TPSA) is 92.7 Å². The molecule has 0 heterocycles. The van der Waals surface area contributed by atoms with Crippen LogP contribution in [-0.4, -0.2) is 32.1 Å². The van der Waals surface area contributed by atoms with Gasteiger partial charge in [-0.2, -0.15) is 4.72 Å². The summed E-state index contributed by atoms with van der Waals surface area (Å²) in [6.45, 7) is 3.39. The van der Waals surface area contributed by atoms with Crippen LogP contribution in [0.4, 0.5) is 0 Å². The molecule has 2 rings (SSSR count). The zero-order valence-corrected chi connectivity index (χ0v) is 17.0. The number of nitrogens with one attached hydrogen (secondary N) is 1. The second-order valence-electron chi connectivity index (χ2n) is 5.74. The van der Waals surface area contributed by atoms with E-state index in [-0.39, 0.29) is 27.1 Å². The third kappa shape index (κ3) is 5.21. The lowest BCUT2D eigenvalue weighted by molar-refractivity contribution is -0.148. The van der Waals surface area contributed by atoms with Crippen LogP contribution >= 0.6 is 23.2 Å². The van der Waals surface area contributed by atoms with Crippen LogP contribution in [0.25, 0.3) is 0 Å². The summed E-state index contributed by atoms with van der Waals surface area (Å²) in [5, 5.41) is 10.9. The third-order valence-corrected chi connectivity index (χ3v) is 5.88. The summed E-state index contributed by atoms with van der Waals surface area (Å²) in [5.74, 6) is -0.948. The molecule has 0 radical (unpaired) electrons. The first-order valence-electron chi connectivity index (χ1n) is 8.05. The van der Waals surface area contributed by atoms with E-state index in [1.807, 2.05) is 6.92 Å². The predicted molar refractivity (Wildman–Crippen MR) is 103 cm³/mol. The van der Waals surface area contributed by atoms with Gasteiger partial charge in [0.1, 0.15) is 12.1 Å². The first-order valence-corrected chi connectivity index (χ1v) is 10.3. The Kier molecular flexibility index (Phi) is 7.25. The van der Waals surface area contributed by atoms with Gasteiger partial charge in [0.25, 0.3) is 0 Å². The van der Waals surface area contributed by atoms with E-state index in [0.717, 1.165) is 5.56 Å². The van der Waals surface area contributed by atoms with Crippen molar-refractivity contribution >= 4 is 39.2 Å². The van der Waals surface area contributed by atoms with Crippen molar-refractivity contribution in [2.75, 3.05) is 6.61 Å². The van der Waals surface area contributed by atoms with E-state index in [1.54, 1.807) is 25.1 Å². The molecule has 0 spiro atoms. The molecule has 146 valence electrons. The number of sulfonamides is 1. The molecule has 6 nitrogen and oxygen atoms in total. The van der Waals surface area contributed by atoms with Crippen molar-refractivity contribution in [3.8, 4) is 0 Å². The quantitative estimate of drug-likeness (QED) is 0.656. The number of ether oxygens (including phenoxy) is 1. The molecule has 0 aliphatic carbocycles. The molecule has 27 heavy (non-hydrogen) atoms. The van der Waals surface area contributed by atoms with Gasteiger partial charge in [-0.1, -0.05) is 47.0 Å². The van der Waals surface area contributed by atoms with Crippen molar-refractivity contribution in [1.82, 2.24) is 4.72 Å². The molecule has 0 bridgehead atoms. The smallest absolute Gasteiger partial charge is 0.327 e. The molecule has 2 atom stereocenters. The number of rotatable bonds is 7. The number of hydrogen-bond donors (Lipinski definition) is 2. The molecular formula is C18H19Cl2NO5S. The van der Waals surface area contributed by atoms with Crippen LogP contribution in [0.3, 0.4) is 0 Å².